The highest BCUT2D eigenvalue weighted by atomic mass is 16.5. The maximum absolute atomic E-state index is 10.7. The normalized spacial score (nSPS) is 12.0. The standard InChI is InChI=1S/C14H24N4O4/c1-3-4-9(7-8-19)16-13-12(22-2)10(5-6-11(20)21)17-14(15)18-13/h9,19H,3-8H2,1-2H3,(H,20,21)(H3,15,16,17,18). The number of ether oxygens (including phenoxy) is 1. The van der Waals surface area contributed by atoms with Crippen LogP contribution in [0.2, 0.25) is 0 Å². The van der Waals surface area contributed by atoms with Crippen molar-refractivity contribution in [1.82, 2.24) is 9.97 Å². The molecule has 0 radical (unpaired) electrons. The number of hydrogen-bond donors (Lipinski definition) is 4. The number of carboxylic acid groups (broad SMARTS) is 1. The first kappa shape index (κ1) is 18.0. The lowest BCUT2D eigenvalue weighted by atomic mass is 10.1. The Balaban J connectivity index is 3.03. The van der Waals surface area contributed by atoms with Crippen molar-refractivity contribution in [3.63, 3.8) is 0 Å². The number of aliphatic hydroxyl groups is 1. The number of rotatable bonds is 10. The molecule has 0 aliphatic heterocycles. The van der Waals surface area contributed by atoms with Gasteiger partial charge in [-0.1, -0.05) is 13.3 Å². The number of aryl methyl sites for hydroxylation is 1. The van der Waals surface area contributed by atoms with Crippen LogP contribution >= 0.6 is 0 Å². The third kappa shape index (κ3) is 5.36. The summed E-state index contributed by atoms with van der Waals surface area (Å²) in [5.74, 6) is -0.0300. The average Bonchev–Trinajstić information content (AvgIpc) is 2.45. The first-order valence-corrected chi connectivity index (χ1v) is 7.31. The predicted molar refractivity (Wildman–Crippen MR) is 83.0 cm³/mol. The minimum absolute atomic E-state index is 0.0329. The number of aliphatic carboxylic acids is 1. The lowest BCUT2D eigenvalue weighted by molar-refractivity contribution is -0.136. The van der Waals surface area contributed by atoms with E-state index in [1.807, 2.05) is 0 Å². The van der Waals surface area contributed by atoms with Gasteiger partial charge in [0.15, 0.2) is 11.6 Å². The van der Waals surface area contributed by atoms with Crippen molar-refractivity contribution in [2.75, 3.05) is 24.8 Å². The summed E-state index contributed by atoms with van der Waals surface area (Å²) in [5, 5.41) is 21.1. The Kier molecular flexibility index (Phi) is 7.38. The summed E-state index contributed by atoms with van der Waals surface area (Å²) in [6.07, 6.45) is 2.52. The Morgan fingerprint density at radius 3 is 2.68 bits per heavy atom. The third-order valence-electron chi connectivity index (χ3n) is 3.19. The van der Waals surface area contributed by atoms with Gasteiger partial charge in [0.2, 0.25) is 5.95 Å². The molecule has 1 rings (SSSR count). The molecule has 0 bridgehead atoms. The van der Waals surface area contributed by atoms with Crippen LogP contribution in [0.25, 0.3) is 0 Å². The highest BCUT2D eigenvalue weighted by Crippen LogP contribution is 2.29. The highest BCUT2D eigenvalue weighted by molar-refractivity contribution is 5.67. The molecule has 0 saturated carbocycles. The Hall–Kier alpha value is -2.09. The van der Waals surface area contributed by atoms with E-state index >= 15 is 0 Å². The number of hydrogen-bond acceptors (Lipinski definition) is 7. The SMILES string of the molecule is CCCC(CCO)Nc1nc(N)nc(CCC(=O)O)c1OC. The van der Waals surface area contributed by atoms with Crippen molar-refractivity contribution in [3.8, 4) is 5.75 Å². The van der Waals surface area contributed by atoms with E-state index in [0.29, 0.717) is 23.7 Å². The number of nitrogen functional groups attached to an aromatic ring is 1. The fourth-order valence-corrected chi connectivity index (χ4v) is 2.21. The van der Waals surface area contributed by atoms with Crippen molar-refractivity contribution in [2.24, 2.45) is 0 Å². The molecular weight excluding hydrogens is 288 g/mol. The number of carboxylic acids is 1. The molecule has 0 aliphatic rings. The Morgan fingerprint density at radius 1 is 1.41 bits per heavy atom. The van der Waals surface area contributed by atoms with Crippen LogP contribution < -0.4 is 15.8 Å². The second-order valence-electron chi connectivity index (χ2n) is 4.95. The van der Waals surface area contributed by atoms with Crippen LogP contribution in [0.4, 0.5) is 11.8 Å². The second kappa shape index (κ2) is 9.04. The van der Waals surface area contributed by atoms with Crippen LogP contribution in [0, 0.1) is 0 Å². The zero-order valence-corrected chi connectivity index (χ0v) is 13.0. The van der Waals surface area contributed by atoms with E-state index in [9.17, 15) is 4.79 Å². The zero-order chi connectivity index (χ0) is 16.5. The average molecular weight is 312 g/mol. The molecule has 0 amide bonds. The van der Waals surface area contributed by atoms with E-state index in [1.165, 1.54) is 7.11 Å². The topological polar surface area (TPSA) is 131 Å². The smallest absolute Gasteiger partial charge is 0.303 e. The molecule has 0 fully saturated rings. The van der Waals surface area contributed by atoms with E-state index in [-0.39, 0.29) is 31.4 Å². The molecule has 5 N–H and O–H groups in total. The summed E-state index contributed by atoms with van der Waals surface area (Å²) in [7, 11) is 1.48. The van der Waals surface area contributed by atoms with Crippen LogP contribution in [0.1, 0.15) is 38.3 Å². The quantitative estimate of drug-likeness (QED) is 0.504. The minimum atomic E-state index is -0.919. The summed E-state index contributed by atoms with van der Waals surface area (Å²) >= 11 is 0. The number of carbonyl (C=O) groups is 1. The Labute approximate surface area is 129 Å². The molecule has 1 heterocycles. The van der Waals surface area contributed by atoms with Crippen LogP contribution in [0.15, 0.2) is 0 Å². The van der Waals surface area contributed by atoms with Crippen molar-refractivity contribution >= 4 is 17.7 Å². The summed E-state index contributed by atoms with van der Waals surface area (Å²) < 4.78 is 5.32. The largest absolute Gasteiger partial charge is 0.491 e. The van der Waals surface area contributed by atoms with Gasteiger partial charge in [0.05, 0.1) is 19.2 Å². The molecule has 22 heavy (non-hydrogen) atoms. The number of aliphatic hydroxyl groups excluding tert-OH is 1. The molecule has 124 valence electrons. The molecule has 0 saturated heterocycles. The van der Waals surface area contributed by atoms with Crippen molar-refractivity contribution in [3.05, 3.63) is 5.69 Å². The molecule has 8 heteroatoms. The maximum atomic E-state index is 10.7. The highest BCUT2D eigenvalue weighted by Gasteiger charge is 2.18. The summed E-state index contributed by atoms with van der Waals surface area (Å²) in [6.45, 7) is 2.11. The third-order valence-corrected chi connectivity index (χ3v) is 3.19. The van der Waals surface area contributed by atoms with Gasteiger partial charge in [-0.05, 0) is 12.8 Å². The molecule has 0 aliphatic carbocycles. The van der Waals surface area contributed by atoms with Gasteiger partial charge in [-0.3, -0.25) is 4.79 Å². The Bertz CT molecular complexity index is 490. The van der Waals surface area contributed by atoms with Gasteiger partial charge in [0.1, 0.15) is 0 Å². The summed E-state index contributed by atoms with van der Waals surface area (Å²) in [6, 6.07) is 0.0329. The van der Waals surface area contributed by atoms with E-state index < -0.39 is 5.97 Å². The fourth-order valence-electron chi connectivity index (χ4n) is 2.21. The molecule has 1 aromatic rings. The van der Waals surface area contributed by atoms with Gasteiger partial charge in [0.25, 0.3) is 0 Å². The fraction of sp³-hybridized carbons (Fsp3) is 0.643. The monoisotopic (exact) mass is 312 g/mol. The van der Waals surface area contributed by atoms with Gasteiger partial charge < -0.3 is 26.0 Å². The summed E-state index contributed by atoms with van der Waals surface area (Å²) in [4.78, 5) is 18.9. The van der Waals surface area contributed by atoms with Gasteiger partial charge in [0, 0.05) is 19.1 Å². The molecule has 0 aromatic carbocycles. The number of aromatic nitrogens is 2. The van der Waals surface area contributed by atoms with Crippen LogP contribution in [0.5, 0.6) is 5.75 Å². The van der Waals surface area contributed by atoms with Crippen LogP contribution in [0.3, 0.4) is 0 Å². The van der Waals surface area contributed by atoms with Crippen LogP contribution in [-0.4, -0.2) is 45.9 Å². The number of nitrogens with two attached hydrogens (primary N) is 1. The number of methoxy groups -OCH3 is 1. The first-order valence-electron chi connectivity index (χ1n) is 7.31. The molecule has 1 atom stereocenters. The summed E-state index contributed by atoms with van der Waals surface area (Å²) in [5.41, 5.74) is 6.16. The predicted octanol–water partition coefficient (Wildman–Crippen LogP) is 1.05. The van der Waals surface area contributed by atoms with E-state index in [0.717, 1.165) is 12.8 Å². The molecule has 1 aromatic heterocycles. The number of nitrogens with one attached hydrogen (secondary N) is 1. The zero-order valence-electron chi connectivity index (χ0n) is 13.0. The maximum Gasteiger partial charge on any atom is 0.303 e. The minimum Gasteiger partial charge on any atom is -0.491 e. The lowest BCUT2D eigenvalue weighted by Crippen LogP contribution is -2.22. The van der Waals surface area contributed by atoms with Crippen molar-refractivity contribution in [2.45, 2.75) is 45.1 Å². The molecule has 0 spiro atoms. The van der Waals surface area contributed by atoms with Gasteiger partial charge in [-0.25, -0.2) is 4.98 Å². The number of anilines is 2. The lowest BCUT2D eigenvalue weighted by Gasteiger charge is -2.20. The van der Waals surface area contributed by atoms with Gasteiger partial charge in [-0.15, -0.1) is 0 Å². The van der Waals surface area contributed by atoms with Gasteiger partial charge >= 0.3 is 5.97 Å². The number of nitrogens with zero attached hydrogens (tertiary/aromatic N) is 2. The molecule has 8 nitrogen and oxygen atoms in total. The van der Waals surface area contributed by atoms with Crippen molar-refractivity contribution < 1.29 is 19.7 Å². The van der Waals surface area contributed by atoms with E-state index in [4.69, 9.17) is 20.7 Å². The molecular formula is C14H24N4O4. The van der Waals surface area contributed by atoms with Gasteiger partial charge in [-0.2, -0.15) is 4.98 Å². The first-order chi connectivity index (χ1) is 10.5. The second-order valence-corrected chi connectivity index (χ2v) is 4.95. The van der Waals surface area contributed by atoms with E-state index in [1.54, 1.807) is 0 Å². The van der Waals surface area contributed by atoms with E-state index in [2.05, 4.69) is 22.2 Å². The van der Waals surface area contributed by atoms with Crippen LogP contribution in [-0.2, 0) is 11.2 Å². The molecule has 1 unspecified atom stereocenters. The Morgan fingerprint density at radius 2 is 2.14 bits per heavy atom. The van der Waals surface area contributed by atoms with Crippen molar-refractivity contribution in [1.29, 1.82) is 0 Å².